The van der Waals surface area contributed by atoms with Crippen molar-refractivity contribution in [3.05, 3.63) is 52.2 Å². The summed E-state index contributed by atoms with van der Waals surface area (Å²) in [5.74, 6) is -0.267. The molecule has 0 aliphatic rings. The van der Waals surface area contributed by atoms with Crippen molar-refractivity contribution in [2.45, 2.75) is 12.8 Å². The minimum atomic E-state index is -0.706. The highest BCUT2D eigenvalue weighted by Crippen LogP contribution is 2.17. The molecule has 1 unspecified atom stereocenters. The first-order valence-electron chi connectivity index (χ1n) is 7.64. The van der Waals surface area contributed by atoms with Crippen molar-refractivity contribution in [1.82, 2.24) is 10.6 Å². The molecule has 1 heterocycles. The number of aliphatic imine (C=N–C) groups is 1. The van der Waals surface area contributed by atoms with Gasteiger partial charge >= 0.3 is 0 Å². The zero-order valence-corrected chi connectivity index (χ0v) is 14.5. The summed E-state index contributed by atoms with van der Waals surface area (Å²) in [5, 5.41) is 10.5. The number of benzene rings is 1. The Hall–Kier alpha value is -2.15. The second-order valence-corrected chi connectivity index (χ2v) is 6.04. The molecular formula is C17H21F2N3OS. The van der Waals surface area contributed by atoms with E-state index in [9.17, 15) is 8.78 Å². The molecule has 130 valence electrons. The van der Waals surface area contributed by atoms with Crippen LogP contribution in [0.15, 0.2) is 40.0 Å². The molecule has 4 nitrogen and oxygen atoms in total. The first kappa shape index (κ1) is 18.2. The van der Waals surface area contributed by atoms with E-state index in [1.165, 1.54) is 11.6 Å². The maximum absolute atomic E-state index is 13.4. The fourth-order valence-corrected chi connectivity index (χ4v) is 2.85. The van der Waals surface area contributed by atoms with Crippen LogP contribution in [0.1, 0.15) is 18.4 Å². The molecule has 7 heteroatoms. The summed E-state index contributed by atoms with van der Waals surface area (Å²) < 4.78 is 31.5. The predicted octanol–water partition coefficient (Wildman–Crippen LogP) is 3.37. The summed E-state index contributed by atoms with van der Waals surface area (Å²) in [5.41, 5.74) is 1.29. The van der Waals surface area contributed by atoms with Gasteiger partial charge in [0.15, 0.2) is 17.5 Å². The van der Waals surface area contributed by atoms with Crippen molar-refractivity contribution in [2.24, 2.45) is 4.99 Å². The zero-order chi connectivity index (χ0) is 17.4. The fraction of sp³-hybridized carbons (Fsp3) is 0.353. The normalized spacial score (nSPS) is 12.8. The van der Waals surface area contributed by atoms with Gasteiger partial charge in [-0.05, 0) is 40.4 Å². The number of hydrogen-bond acceptors (Lipinski definition) is 3. The van der Waals surface area contributed by atoms with Crippen LogP contribution in [-0.2, 0) is 0 Å². The van der Waals surface area contributed by atoms with E-state index in [2.05, 4.69) is 39.4 Å². The first-order chi connectivity index (χ1) is 11.6. The number of nitrogens with zero attached hydrogens (tertiary/aromatic N) is 1. The fourth-order valence-electron chi connectivity index (χ4n) is 2.07. The molecule has 1 aromatic carbocycles. The molecule has 0 aliphatic carbocycles. The summed E-state index contributed by atoms with van der Waals surface area (Å²) in [6.07, 6.45) is 0. The molecule has 1 atom stereocenters. The largest absolute Gasteiger partial charge is 0.489 e. The SMILES string of the molecule is CN=C(NCCOc1ccc(F)cc1F)NCC(C)c1ccsc1. The van der Waals surface area contributed by atoms with Gasteiger partial charge in [0.05, 0.1) is 6.54 Å². The Bertz CT molecular complexity index is 662. The molecule has 24 heavy (non-hydrogen) atoms. The molecule has 2 aromatic rings. The molecule has 0 spiro atoms. The molecule has 0 bridgehead atoms. The van der Waals surface area contributed by atoms with Gasteiger partial charge < -0.3 is 15.4 Å². The number of nitrogens with one attached hydrogen (secondary N) is 2. The van der Waals surface area contributed by atoms with Crippen molar-refractivity contribution in [3.8, 4) is 5.75 Å². The van der Waals surface area contributed by atoms with Gasteiger partial charge in [0.2, 0.25) is 0 Å². The standard InChI is InChI=1S/C17H21F2N3OS/c1-12(13-5-8-24-11-13)10-22-17(20-2)21-6-7-23-16-4-3-14(18)9-15(16)19/h3-5,8-9,11-12H,6-7,10H2,1-2H3,(H2,20,21,22). The van der Waals surface area contributed by atoms with Crippen LogP contribution in [0, 0.1) is 11.6 Å². The molecule has 0 fully saturated rings. The van der Waals surface area contributed by atoms with E-state index in [1.807, 2.05) is 0 Å². The third-order valence-electron chi connectivity index (χ3n) is 3.46. The second kappa shape index (κ2) is 9.22. The molecule has 0 saturated heterocycles. The molecule has 2 N–H and O–H groups in total. The molecule has 2 rings (SSSR count). The van der Waals surface area contributed by atoms with Crippen molar-refractivity contribution in [3.63, 3.8) is 0 Å². The number of rotatable bonds is 7. The highest BCUT2D eigenvalue weighted by atomic mass is 32.1. The number of ether oxygens (including phenoxy) is 1. The van der Waals surface area contributed by atoms with E-state index >= 15 is 0 Å². The molecule has 0 aliphatic heterocycles. The van der Waals surface area contributed by atoms with Crippen molar-refractivity contribution in [1.29, 1.82) is 0 Å². The van der Waals surface area contributed by atoms with Crippen LogP contribution in [0.3, 0.4) is 0 Å². The van der Waals surface area contributed by atoms with E-state index < -0.39 is 11.6 Å². The lowest BCUT2D eigenvalue weighted by atomic mass is 10.1. The van der Waals surface area contributed by atoms with E-state index in [1.54, 1.807) is 18.4 Å². The number of halogens is 2. The van der Waals surface area contributed by atoms with Gasteiger partial charge in [0.25, 0.3) is 0 Å². The van der Waals surface area contributed by atoms with Gasteiger partial charge in [-0.25, -0.2) is 8.78 Å². The number of thiophene rings is 1. The summed E-state index contributed by atoms with van der Waals surface area (Å²) >= 11 is 1.68. The summed E-state index contributed by atoms with van der Waals surface area (Å²) in [6.45, 7) is 3.58. The topological polar surface area (TPSA) is 45.7 Å². The van der Waals surface area contributed by atoms with Gasteiger partial charge in [-0.2, -0.15) is 11.3 Å². The second-order valence-electron chi connectivity index (χ2n) is 5.26. The first-order valence-corrected chi connectivity index (χ1v) is 8.59. The molecule has 0 saturated carbocycles. The quantitative estimate of drug-likeness (QED) is 0.456. The lowest BCUT2D eigenvalue weighted by molar-refractivity contribution is 0.304. The smallest absolute Gasteiger partial charge is 0.191 e. The van der Waals surface area contributed by atoms with Gasteiger partial charge in [0.1, 0.15) is 12.4 Å². The maximum atomic E-state index is 13.4. The van der Waals surface area contributed by atoms with Crippen LogP contribution in [0.2, 0.25) is 0 Å². The van der Waals surface area contributed by atoms with Crippen LogP contribution in [0.25, 0.3) is 0 Å². The van der Waals surface area contributed by atoms with Gasteiger partial charge in [0, 0.05) is 19.7 Å². The highest BCUT2D eigenvalue weighted by Gasteiger charge is 2.07. The van der Waals surface area contributed by atoms with Gasteiger partial charge in [-0.3, -0.25) is 4.99 Å². The molecule has 0 amide bonds. The number of hydrogen-bond donors (Lipinski definition) is 2. The molecule has 0 radical (unpaired) electrons. The lowest BCUT2D eigenvalue weighted by Gasteiger charge is -2.15. The van der Waals surface area contributed by atoms with Crippen LogP contribution in [0.5, 0.6) is 5.75 Å². The summed E-state index contributed by atoms with van der Waals surface area (Å²) in [4.78, 5) is 4.13. The molecule has 1 aromatic heterocycles. The third-order valence-corrected chi connectivity index (χ3v) is 4.16. The van der Waals surface area contributed by atoms with Gasteiger partial charge in [-0.15, -0.1) is 0 Å². The van der Waals surface area contributed by atoms with Crippen LogP contribution in [-0.4, -0.2) is 32.7 Å². The Morgan fingerprint density at radius 1 is 1.29 bits per heavy atom. The van der Waals surface area contributed by atoms with Gasteiger partial charge in [-0.1, -0.05) is 6.92 Å². The van der Waals surface area contributed by atoms with Crippen LogP contribution >= 0.6 is 11.3 Å². The Balaban J connectivity index is 1.70. The monoisotopic (exact) mass is 353 g/mol. The minimum absolute atomic E-state index is 0.0345. The summed E-state index contributed by atoms with van der Waals surface area (Å²) in [7, 11) is 1.69. The molecular weight excluding hydrogens is 332 g/mol. The third kappa shape index (κ3) is 5.49. The van der Waals surface area contributed by atoms with E-state index in [4.69, 9.17) is 4.74 Å². The highest BCUT2D eigenvalue weighted by molar-refractivity contribution is 7.07. The Labute approximate surface area is 144 Å². The predicted molar refractivity (Wildman–Crippen MR) is 94.0 cm³/mol. The van der Waals surface area contributed by atoms with E-state index in [0.29, 0.717) is 18.4 Å². The minimum Gasteiger partial charge on any atom is -0.489 e. The Morgan fingerprint density at radius 2 is 2.12 bits per heavy atom. The average molecular weight is 353 g/mol. The van der Waals surface area contributed by atoms with Crippen molar-refractivity contribution < 1.29 is 13.5 Å². The zero-order valence-electron chi connectivity index (χ0n) is 13.7. The average Bonchev–Trinajstić information content (AvgIpc) is 3.10. The Kier molecular flexibility index (Phi) is 6.99. The summed E-state index contributed by atoms with van der Waals surface area (Å²) in [6, 6.07) is 5.35. The van der Waals surface area contributed by atoms with E-state index in [-0.39, 0.29) is 12.4 Å². The van der Waals surface area contributed by atoms with Crippen LogP contribution < -0.4 is 15.4 Å². The van der Waals surface area contributed by atoms with Crippen LogP contribution in [0.4, 0.5) is 8.78 Å². The maximum Gasteiger partial charge on any atom is 0.191 e. The Morgan fingerprint density at radius 3 is 2.79 bits per heavy atom. The van der Waals surface area contributed by atoms with Crippen molar-refractivity contribution >= 4 is 17.3 Å². The lowest BCUT2D eigenvalue weighted by Crippen LogP contribution is -2.40. The number of guanidine groups is 1. The van der Waals surface area contributed by atoms with E-state index in [0.717, 1.165) is 18.7 Å². The van der Waals surface area contributed by atoms with Crippen molar-refractivity contribution in [2.75, 3.05) is 26.7 Å².